The van der Waals surface area contributed by atoms with Gasteiger partial charge in [0.05, 0.1) is 29.5 Å². The van der Waals surface area contributed by atoms with Crippen molar-refractivity contribution >= 4 is 11.9 Å². The van der Waals surface area contributed by atoms with Crippen LogP contribution in [0.4, 0.5) is 4.79 Å². The standard InChI is InChI=1S/C20H22N4O3/c1-14(16-4-2-15(12-21)3-5-16)22-20(26)23-18-6-9-24(10-7-18)19(25)17-8-11-27-13-17/h2-5,8,11,13-14,18H,6-7,9-10H2,1H3,(H2,22,23,26). The third kappa shape index (κ3) is 4.67. The van der Waals surface area contributed by atoms with Gasteiger partial charge in [0.2, 0.25) is 0 Å². The second-order valence-corrected chi connectivity index (χ2v) is 6.65. The number of nitrogens with one attached hydrogen (secondary N) is 2. The summed E-state index contributed by atoms with van der Waals surface area (Å²) >= 11 is 0. The summed E-state index contributed by atoms with van der Waals surface area (Å²) in [6, 6.07) is 10.5. The number of carbonyl (C=O) groups excluding carboxylic acids is 2. The maximum absolute atomic E-state index is 12.3. The second-order valence-electron chi connectivity index (χ2n) is 6.65. The predicted molar refractivity (Wildman–Crippen MR) is 98.9 cm³/mol. The average molecular weight is 366 g/mol. The van der Waals surface area contributed by atoms with Crippen molar-refractivity contribution in [3.8, 4) is 6.07 Å². The Morgan fingerprint density at radius 3 is 2.52 bits per heavy atom. The van der Waals surface area contributed by atoms with Crippen LogP contribution in [0.5, 0.6) is 0 Å². The SMILES string of the molecule is CC(NC(=O)NC1CCN(C(=O)c2ccoc2)CC1)c1ccc(C#N)cc1. The van der Waals surface area contributed by atoms with Crippen molar-refractivity contribution < 1.29 is 14.0 Å². The molecule has 2 N–H and O–H groups in total. The Kier molecular flexibility index (Phi) is 5.77. The molecule has 0 radical (unpaired) electrons. The minimum absolute atomic E-state index is 0.0339. The van der Waals surface area contributed by atoms with E-state index in [-0.39, 0.29) is 24.0 Å². The van der Waals surface area contributed by atoms with Crippen LogP contribution in [0.2, 0.25) is 0 Å². The predicted octanol–water partition coefficient (Wildman–Crippen LogP) is 2.82. The van der Waals surface area contributed by atoms with Crippen LogP contribution in [0.3, 0.4) is 0 Å². The summed E-state index contributed by atoms with van der Waals surface area (Å²) in [5.41, 5.74) is 2.08. The molecular weight excluding hydrogens is 344 g/mol. The maximum atomic E-state index is 12.3. The van der Waals surface area contributed by atoms with Gasteiger partial charge < -0.3 is 20.0 Å². The molecule has 0 saturated carbocycles. The number of hydrogen-bond donors (Lipinski definition) is 2. The average Bonchev–Trinajstić information content (AvgIpc) is 3.23. The number of benzene rings is 1. The highest BCUT2D eigenvalue weighted by Gasteiger charge is 2.25. The number of piperidine rings is 1. The van der Waals surface area contributed by atoms with Gasteiger partial charge in [-0.1, -0.05) is 12.1 Å². The number of urea groups is 1. The van der Waals surface area contributed by atoms with E-state index in [1.165, 1.54) is 12.5 Å². The molecule has 27 heavy (non-hydrogen) atoms. The number of amides is 3. The Hall–Kier alpha value is -3.27. The zero-order valence-corrected chi connectivity index (χ0v) is 15.1. The number of likely N-dealkylation sites (tertiary alicyclic amines) is 1. The fourth-order valence-corrected chi connectivity index (χ4v) is 3.15. The molecule has 1 fully saturated rings. The molecule has 2 aromatic rings. The van der Waals surface area contributed by atoms with Crippen LogP contribution in [0.25, 0.3) is 0 Å². The van der Waals surface area contributed by atoms with Gasteiger partial charge in [0, 0.05) is 19.1 Å². The fourth-order valence-electron chi connectivity index (χ4n) is 3.15. The number of nitriles is 1. The van der Waals surface area contributed by atoms with E-state index in [0.717, 1.165) is 5.56 Å². The Labute approximate surface area is 158 Å². The van der Waals surface area contributed by atoms with Crippen molar-refractivity contribution in [2.45, 2.75) is 31.8 Å². The van der Waals surface area contributed by atoms with E-state index in [9.17, 15) is 9.59 Å². The summed E-state index contributed by atoms with van der Waals surface area (Å²) in [5, 5.41) is 14.7. The van der Waals surface area contributed by atoms with E-state index in [1.807, 2.05) is 19.1 Å². The van der Waals surface area contributed by atoms with E-state index in [4.69, 9.17) is 9.68 Å². The van der Waals surface area contributed by atoms with Gasteiger partial charge in [0.1, 0.15) is 6.26 Å². The topological polar surface area (TPSA) is 98.4 Å². The number of carbonyl (C=O) groups is 2. The van der Waals surface area contributed by atoms with Crippen LogP contribution in [-0.2, 0) is 0 Å². The number of nitrogens with zero attached hydrogens (tertiary/aromatic N) is 2. The molecule has 1 aromatic carbocycles. The van der Waals surface area contributed by atoms with Crippen LogP contribution in [0.15, 0.2) is 47.3 Å². The van der Waals surface area contributed by atoms with Gasteiger partial charge in [0.25, 0.3) is 5.91 Å². The Bertz CT molecular complexity index is 816. The zero-order valence-electron chi connectivity index (χ0n) is 15.1. The van der Waals surface area contributed by atoms with Crippen molar-refractivity contribution in [1.82, 2.24) is 15.5 Å². The summed E-state index contributed by atoms with van der Waals surface area (Å²) in [6.07, 6.45) is 4.36. The first-order valence-electron chi connectivity index (χ1n) is 8.95. The van der Waals surface area contributed by atoms with Gasteiger partial charge in [-0.2, -0.15) is 5.26 Å². The Balaban J connectivity index is 1.45. The van der Waals surface area contributed by atoms with Gasteiger partial charge in [-0.25, -0.2) is 4.79 Å². The largest absolute Gasteiger partial charge is 0.472 e. The summed E-state index contributed by atoms with van der Waals surface area (Å²) in [4.78, 5) is 26.3. The molecule has 2 heterocycles. The molecule has 3 amide bonds. The fraction of sp³-hybridized carbons (Fsp3) is 0.350. The van der Waals surface area contributed by atoms with Crippen LogP contribution in [0.1, 0.15) is 47.3 Å². The molecule has 1 saturated heterocycles. The van der Waals surface area contributed by atoms with Crippen molar-refractivity contribution in [2.24, 2.45) is 0 Å². The highest BCUT2D eigenvalue weighted by molar-refractivity contribution is 5.93. The lowest BCUT2D eigenvalue weighted by molar-refractivity contribution is 0.0707. The monoisotopic (exact) mass is 366 g/mol. The Morgan fingerprint density at radius 1 is 1.22 bits per heavy atom. The highest BCUT2D eigenvalue weighted by Crippen LogP contribution is 2.16. The quantitative estimate of drug-likeness (QED) is 0.869. The molecule has 7 nitrogen and oxygen atoms in total. The highest BCUT2D eigenvalue weighted by atomic mass is 16.3. The summed E-state index contributed by atoms with van der Waals surface area (Å²) in [5.74, 6) is -0.0407. The smallest absolute Gasteiger partial charge is 0.315 e. The molecule has 1 aromatic heterocycles. The molecule has 7 heteroatoms. The molecule has 0 spiro atoms. The van der Waals surface area contributed by atoms with Gasteiger partial charge in [-0.05, 0) is 43.5 Å². The minimum atomic E-state index is -0.230. The number of rotatable bonds is 4. The lowest BCUT2D eigenvalue weighted by Crippen LogP contribution is -2.49. The normalized spacial score (nSPS) is 15.6. The lowest BCUT2D eigenvalue weighted by Gasteiger charge is -2.32. The van der Waals surface area contributed by atoms with Crippen LogP contribution < -0.4 is 10.6 Å². The van der Waals surface area contributed by atoms with Crippen LogP contribution >= 0.6 is 0 Å². The molecule has 0 bridgehead atoms. The van der Waals surface area contributed by atoms with Crippen molar-refractivity contribution in [1.29, 1.82) is 5.26 Å². The van der Waals surface area contributed by atoms with Gasteiger partial charge in [-0.3, -0.25) is 4.79 Å². The van der Waals surface area contributed by atoms with Crippen molar-refractivity contribution in [3.05, 3.63) is 59.5 Å². The second kappa shape index (κ2) is 8.41. The summed E-state index contributed by atoms with van der Waals surface area (Å²) < 4.78 is 4.96. The van der Waals surface area contributed by atoms with E-state index < -0.39 is 0 Å². The molecule has 3 rings (SSSR count). The third-order valence-electron chi connectivity index (χ3n) is 4.77. The van der Waals surface area contributed by atoms with E-state index >= 15 is 0 Å². The maximum Gasteiger partial charge on any atom is 0.315 e. The first-order chi connectivity index (χ1) is 13.1. The van der Waals surface area contributed by atoms with E-state index in [2.05, 4.69) is 16.7 Å². The molecule has 1 atom stereocenters. The molecule has 140 valence electrons. The lowest BCUT2D eigenvalue weighted by atomic mass is 10.0. The van der Waals surface area contributed by atoms with Crippen molar-refractivity contribution in [2.75, 3.05) is 13.1 Å². The van der Waals surface area contributed by atoms with Gasteiger partial charge in [0.15, 0.2) is 0 Å². The summed E-state index contributed by atoms with van der Waals surface area (Å²) in [7, 11) is 0. The minimum Gasteiger partial charge on any atom is -0.472 e. The zero-order chi connectivity index (χ0) is 19.2. The van der Waals surface area contributed by atoms with Crippen LogP contribution in [0, 0.1) is 11.3 Å². The molecular formula is C20H22N4O3. The first kappa shape index (κ1) is 18.5. The number of hydrogen-bond acceptors (Lipinski definition) is 4. The third-order valence-corrected chi connectivity index (χ3v) is 4.77. The number of furan rings is 1. The van der Waals surface area contributed by atoms with Gasteiger partial charge in [-0.15, -0.1) is 0 Å². The first-order valence-corrected chi connectivity index (χ1v) is 8.95. The Morgan fingerprint density at radius 2 is 1.93 bits per heavy atom. The van der Waals surface area contributed by atoms with E-state index in [1.54, 1.807) is 23.1 Å². The van der Waals surface area contributed by atoms with E-state index in [0.29, 0.717) is 37.1 Å². The molecule has 1 unspecified atom stereocenters. The van der Waals surface area contributed by atoms with Gasteiger partial charge >= 0.3 is 6.03 Å². The summed E-state index contributed by atoms with van der Waals surface area (Å²) in [6.45, 7) is 3.09. The molecule has 0 aliphatic carbocycles. The molecule has 1 aliphatic rings. The molecule has 1 aliphatic heterocycles. The van der Waals surface area contributed by atoms with Crippen molar-refractivity contribution in [3.63, 3.8) is 0 Å². The van der Waals surface area contributed by atoms with Crippen LogP contribution in [-0.4, -0.2) is 36.0 Å².